The lowest BCUT2D eigenvalue weighted by Crippen LogP contribution is -2.48. The first-order valence-corrected chi connectivity index (χ1v) is 5.21. The fourth-order valence-corrected chi connectivity index (χ4v) is 1.52. The zero-order chi connectivity index (χ0) is 15.7. The Morgan fingerprint density at radius 1 is 1.15 bits per heavy atom. The van der Waals surface area contributed by atoms with Crippen molar-refractivity contribution in [2.45, 2.75) is 12.4 Å². The van der Waals surface area contributed by atoms with E-state index < -0.39 is 24.2 Å². The monoisotopic (exact) mass is 300 g/mol. The van der Waals surface area contributed by atoms with Crippen molar-refractivity contribution in [1.82, 2.24) is 0 Å². The summed E-state index contributed by atoms with van der Waals surface area (Å²) in [6.07, 6.45) is -11.4. The predicted octanol–water partition coefficient (Wildman–Crippen LogP) is 2.97. The molecule has 1 rings (SSSR count). The molecule has 0 heterocycles. The van der Waals surface area contributed by atoms with Crippen molar-refractivity contribution in [2.75, 3.05) is 17.7 Å². The van der Waals surface area contributed by atoms with Crippen LogP contribution in [-0.4, -0.2) is 25.3 Å². The van der Waals surface area contributed by atoms with E-state index in [-0.39, 0.29) is 16.3 Å². The number of nitrogens with zero attached hydrogens (tertiary/aromatic N) is 1. The lowest BCUT2D eigenvalue weighted by atomic mass is 10.1. The van der Waals surface area contributed by atoms with E-state index in [0.717, 1.165) is 13.1 Å². The van der Waals surface area contributed by atoms with E-state index in [9.17, 15) is 31.1 Å². The highest BCUT2D eigenvalue weighted by Gasteiger charge is 2.61. The van der Waals surface area contributed by atoms with Crippen LogP contribution in [0.2, 0.25) is 0 Å². The van der Waals surface area contributed by atoms with Crippen molar-refractivity contribution >= 4 is 17.3 Å². The van der Waals surface area contributed by atoms with Gasteiger partial charge in [0.15, 0.2) is 0 Å². The van der Waals surface area contributed by atoms with Crippen LogP contribution in [0.15, 0.2) is 24.3 Å². The summed E-state index contributed by atoms with van der Waals surface area (Å²) < 4.78 is 74.6. The fraction of sp³-hybridized carbons (Fsp3) is 0.364. The van der Waals surface area contributed by atoms with Crippen LogP contribution in [0.4, 0.5) is 37.7 Å². The molecule has 3 nitrogen and oxygen atoms in total. The first-order chi connectivity index (χ1) is 8.94. The molecule has 2 N–H and O–H groups in total. The van der Waals surface area contributed by atoms with E-state index in [0.29, 0.717) is 0 Å². The second-order valence-electron chi connectivity index (χ2n) is 4.01. The van der Waals surface area contributed by atoms with Gasteiger partial charge in [-0.1, -0.05) is 6.07 Å². The number of halogens is 6. The average Bonchev–Trinajstić information content (AvgIpc) is 2.23. The van der Waals surface area contributed by atoms with Gasteiger partial charge in [-0.05, 0) is 18.2 Å². The lowest BCUT2D eigenvalue weighted by molar-refractivity contribution is -0.273. The number of benzene rings is 1. The third-order valence-electron chi connectivity index (χ3n) is 2.49. The molecular weight excluding hydrogens is 290 g/mol. The molecule has 20 heavy (non-hydrogen) atoms. The van der Waals surface area contributed by atoms with Crippen LogP contribution in [-0.2, 0) is 4.79 Å². The van der Waals surface area contributed by atoms with Crippen molar-refractivity contribution in [3.63, 3.8) is 0 Å². The standard InChI is InChI=1S/C11H10F6N2O/c1-19(7-4-2-3-6(18)5-7)9(20)8(10(12,13)14)11(15,16)17/h2-5,8H,18H2,1H3. The van der Waals surface area contributed by atoms with Crippen molar-refractivity contribution in [2.24, 2.45) is 5.92 Å². The van der Waals surface area contributed by atoms with Crippen LogP contribution < -0.4 is 10.6 Å². The van der Waals surface area contributed by atoms with Crippen molar-refractivity contribution in [1.29, 1.82) is 0 Å². The predicted molar refractivity (Wildman–Crippen MR) is 59.9 cm³/mol. The van der Waals surface area contributed by atoms with Gasteiger partial charge in [0.1, 0.15) is 0 Å². The first kappa shape index (κ1) is 16.1. The molecule has 0 saturated heterocycles. The van der Waals surface area contributed by atoms with Gasteiger partial charge in [-0.15, -0.1) is 0 Å². The summed E-state index contributed by atoms with van der Waals surface area (Å²) in [5.74, 6) is -6.18. The van der Waals surface area contributed by atoms with E-state index >= 15 is 0 Å². The largest absolute Gasteiger partial charge is 0.409 e. The number of amides is 1. The molecule has 1 aromatic carbocycles. The molecule has 9 heteroatoms. The second-order valence-corrected chi connectivity index (χ2v) is 4.01. The van der Waals surface area contributed by atoms with Crippen LogP contribution >= 0.6 is 0 Å². The highest BCUT2D eigenvalue weighted by atomic mass is 19.4. The summed E-state index contributed by atoms with van der Waals surface area (Å²) in [7, 11) is 0.821. The normalized spacial score (nSPS) is 12.6. The molecule has 0 saturated carbocycles. The van der Waals surface area contributed by atoms with Crippen LogP contribution in [0.25, 0.3) is 0 Å². The number of nitrogens with two attached hydrogens (primary N) is 1. The van der Waals surface area contributed by atoms with Gasteiger partial charge < -0.3 is 10.6 Å². The van der Waals surface area contributed by atoms with Gasteiger partial charge in [0, 0.05) is 18.4 Å². The van der Waals surface area contributed by atoms with Crippen molar-refractivity contribution in [3.8, 4) is 0 Å². The Kier molecular flexibility index (Phi) is 4.21. The number of carbonyl (C=O) groups is 1. The molecule has 112 valence electrons. The maximum Gasteiger partial charge on any atom is 0.409 e. The number of anilines is 2. The molecule has 0 aliphatic carbocycles. The van der Waals surface area contributed by atoms with Gasteiger partial charge in [0.2, 0.25) is 11.8 Å². The SMILES string of the molecule is CN(C(=O)C(C(F)(F)F)C(F)(F)F)c1cccc(N)c1. The molecular formula is C11H10F6N2O. The van der Waals surface area contributed by atoms with E-state index in [2.05, 4.69) is 0 Å². The first-order valence-electron chi connectivity index (χ1n) is 5.21. The van der Waals surface area contributed by atoms with Crippen molar-refractivity contribution < 1.29 is 31.1 Å². The van der Waals surface area contributed by atoms with Gasteiger partial charge in [-0.3, -0.25) is 4.79 Å². The van der Waals surface area contributed by atoms with Gasteiger partial charge >= 0.3 is 12.4 Å². The summed E-state index contributed by atoms with van der Waals surface area (Å²) in [6, 6.07) is 4.97. The fourth-order valence-electron chi connectivity index (χ4n) is 1.52. The topological polar surface area (TPSA) is 46.3 Å². The van der Waals surface area contributed by atoms with Crippen molar-refractivity contribution in [3.05, 3.63) is 24.3 Å². The van der Waals surface area contributed by atoms with Gasteiger partial charge in [0.05, 0.1) is 0 Å². The summed E-state index contributed by atoms with van der Waals surface area (Å²) >= 11 is 0. The number of hydrogen-bond donors (Lipinski definition) is 1. The molecule has 0 aliphatic heterocycles. The smallest absolute Gasteiger partial charge is 0.399 e. The molecule has 0 aromatic heterocycles. The quantitative estimate of drug-likeness (QED) is 0.674. The average molecular weight is 300 g/mol. The van der Waals surface area contributed by atoms with Crippen LogP contribution in [0.5, 0.6) is 0 Å². The molecule has 0 aliphatic rings. The zero-order valence-electron chi connectivity index (χ0n) is 10.1. The molecule has 0 radical (unpaired) electrons. The number of rotatable bonds is 2. The zero-order valence-corrected chi connectivity index (χ0v) is 10.1. The second kappa shape index (κ2) is 5.22. The Morgan fingerprint density at radius 3 is 2.05 bits per heavy atom. The molecule has 0 fully saturated rings. The number of carbonyl (C=O) groups excluding carboxylic acids is 1. The van der Waals surface area contributed by atoms with E-state index in [1.165, 1.54) is 18.2 Å². The molecule has 1 amide bonds. The van der Waals surface area contributed by atoms with Gasteiger partial charge in [-0.25, -0.2) is 0 Å². The third-order valence-corrected chi connectivity index (χ3v) is 2.49. The van der Waals surface area contributed by atoms with Gasteiger partial charge in [-0.2, -0.15) is 26.3 Å². The summed E-state index contributed by atoms with van der Waals surface area (Å²) in [6.45, 7) is 0. The minimum absolute atomic E-state index is 0.109. The lowest BCUT2D eigenvalue weighted by Gasteiger charge is -2.27. The number of nitrogen functional groups attached to an aromatic ring is 1. The maximum atomic E-state index is 12.4. The van der Waals surface area contributed by atoms with E-state index in [1.54, 1.807) is 0 Å². The number of hydrogen-bond acceptors (Lipinski definition) is 2. The summed E-state index contributed by atoms with van der Waals surface area (Å²) in [4.78, 5) is 11.8. The summed E-state index contributed by atoms with van der Waals surface area (Å²) in [5.41, 5.74) is 5.31. The Bertz CT molecular complexity index is 482. The van der Waals surface area contributed by atoms with E-state index in [4.69, 9.17) is 5.73 Å². The van der Waals surface area contributed by atoms with E-state index in [1.807, 2.05) is 0 Å². The molecule has 0 atom stereocenters. The Morgan fingerprint density at radius 2 is 1.65 bits per heavy atom. The Hall–Kier alpha value is -1.93. The Labute approximate surface area is 110 Å². The van der Waals surface area contributed by atoms with Crippen LogP contribution in [0.3, 0.4) is 0 Å². The highest BCUT2D eigenvalue weighted by molar-refractivity contribution is 5.95. The Balaban J connectivity index is 3.14. The highest BCUT2D eigenvalue weighted by Crippen LogP contribution is 2.40. The molecule has 0 spiro atoms. The maximum absolute atomic E-state index is 12.4. The molecule has 0 bridgehead atoms. The third kappa shape index (κ3) is 3.55. The minimum Gasteiger partial charge on any atom is -0.399 e. The molecule has 1 aromatic rings. The number of alkyl halides is 6. The van der Waals surface area contributed by atoms with Gasteiger partial charge in [0.25, 0.3) is 0 Å². The minimum atomic E-state index is -5.72. The van der Waals surface area contributed by atoms with Crippen LogP contribution in [0, 0.1) is 5.92 Å². The van der Waals surface area contributed by atoms with Crippen LogP contribution in [0.1, 0.15) is 0 Å². The summed E-state index contributed by atoms with van der Waals surface area (Å²) in [5, 5.41) is 0. The molecule has 0 unspecified atom stereocenters.